The quantitative estimate of drug-likeness (QED) is 0.867. The van der Waals surface area contributed by atoms with Gasteiger partial charge in [0, 0.05) is 26.3 Å². The molecule has 20 heavy (non-hydrogen) atoms. The van der Waals surface area contributed by atoms with Gasteiger partial charge in [-0.05, 0) is 43.4 Å². The molecule has 1 saturated heterocycles. The Balaban J connectivity index is 1.81. The molecule has 3 nitrogen and oxygen atoms in total. The molecule has 0 spiro atoms. The maximum atomic E-state index is 10.3. The summed E-state index contributed by atoms with van der Waals surface area (Å²) in [5, 5.41) is 10.3. The van der Waals surface area contributed by atoms with Crippen LogP contribution in [0.2, 0.25) is 0 Å². The van der Waals surface area contributed by atoms with E-state index in [4.69, 9.17) is 4.74 Å². The highest BCUT2D eigenvalue weighted by atomic mass is 16.5. The Hall–Kier alpha value is -0.900. The van der Waals surface area contributed by atoms with Gasteiger partial charge < -0.3 is 14.7 Å². The third-order valence-corrected chi connectivity index (χ3v) is 4.17. The minimum atomic E-state index is -0.397. The van der Waals surface area contributed by atoms with Crippen LogP contribution in [0, 0.1) is 5.92 Å². The first-order valence-corrected chi connectivity index (χ1v) is 7.72. The summed E-state index contributed by atoms with van der Waals surface area (Å²) in [6, 6.07) is 8.31. The summed E-state index contributed by atoms with van der Waals surface area (Å²) < 4.78 is 5.39. The molecule has 1 atom stereocenters. The van der Waals surface area contributed by atoms with Gasteiger partial charge in [-0.1, -0.05) is 31.2 Å². The molecule has 2 rings (SSSR count). The topological polar surface area (TPSA) is 32.7 Å². The molecule has 1 aromatic carbocycles. The standard InChI is InChI=1S/C17H27NO2/c1-3-14-4-6-16(7-5-14)17(19)13-18(2)12-15-8-10-20-11-9-15/h4-7,15,17,19H,3,8-13H2,1-2H3. The fourth-order valence-electron chi connectivity index (χ4n) is 2.82. The van der Waals surface area contributed by atoms with Crippen LogP contribution in [0.15, 0.2) is 24.3 Å². The normalized spacial score (nSPS) is 18.4. The zero-order valence-electron chi connectivity index (χ0n) is 12.7. The first-order chi connectivity index (χ1) is 9.69. The van der Waals surface area contributed by atoms with E-state index in [9.17, 15) is 5.11 Å². The second-order valence-electron chi connectivity index (χ2n) is 5.89. The average molecular weight is 277 g/mol. The van der Waals surface area contributed by atoms with Gasteiger partial charge in [-0.3, -0.25) is 0 Å². The van der Waals surface area contributed by atoms with Gasteiger partial charge in [0.15, 0.2) is 0 Å². The average Bonchev–Trinajstić information content (AvgIpc) is 2.48. The molecular formula is C17H27NO2. The van der Waals surface area contributed by atoms with Crippen LogP contribution in [0.3, 0.4) is 0 Å². The van der Waals surface area contributed by atoms with E-state index >= 15 is 0 Å². The summed E-state index contributed by atoms with van der Waals surface area (Å²) in [5.41, 5.74) is 2.33. The number of aliphatic hydroxyl groups is 1. The number of rotatable bonds is 6. The van der Waals surface area contributed by atoms with Gasteiger partial charge in [0.2, 0.25) is 0 Å². The van der Waals surface area contributed by atoms with Crippen molar-refractivity contribution in [2.75, 3.05) is 33.4 Å². The maximum absolute atomic E-state index is 10.3. The highest BCUT2D eigenvalue weighted by Crippen LogP contribution is 2.19. The Morgan fingerprint density at radius 2 is 1.90 bits per heavy atom. The van der Waals surface area contributed by atoms with Crippen LogP contribution in [0.4, 0.5) is 0 Å². The lowest BCUT2D eigenvalue weighted by Gasteiger charge is -2.28. The van der Waals surface area contributed by atoms with E-state index in [0.29, 0.717) is 12.5 Å². The van der Waals surface area contributed by atoms with Crippen LogP contribution in [-0.2, 0) is 11.2 Å². The van der Waals surface area contributed by atoms with Crippen LogP contribution in [0.5, 0.6) is 0 Å². The molecule has 0 aromatic heterocycles. The first kappa shape index (κ1) is 15.5. The van der Waals surface area contributed by atoms with Crippen LogP contribution >= 0.6 is 0 Å². The summed E-state index contributed by atoms with van der Waals surface area (Å²) >= 11 is 0. The molecule has 0 aliphatic carbocycles. The summed E-state index contributed by atoms with van der Waals surface area (Å²) in [6.07, 6.45) is 2.93. The molecule has 0 saturated carbocycles. The third kappa shape index (κ3) is 4.58. The molecule has 112 valence electrons. The van der Waals surface area contributed by atoms with E-state index < -0.39 is 6.10 Å². The van der Waals surface area contributed by atoms with Crippen molar-refractivity contribution in [1.82, 2.24) is 4.90 Å². The van der Waals surface area contributed by atoms with Crippen molar-refractivity contribution in [2.45, 2.75) is 32.3 Å². The predicted octanol–water partition coefficient (Wildman–Crippen LogP) is 2.64. The number of benzene rings is 1. The summed E-state index contributed by atoms with van der Waals surface area (Å²) in [6.45, 7) is 5.67. The number of likely N-dealkylation sites (N-methyl/N-ethyl adjacent to an activating group) is 1. The smallest absolute Gasteiger partial charge is 0.0916 e. The van der Waals surface area contributed by atoms with Crippen LogP contribution < -0.4 is 0 Å². The molecular weight excluding hydrogens is 250 g/mol. The monoisotopic (exact) mass is 277 g/mol. The lowest BCUT2D eigenvalue weighted by molar-refractivity contribution is 0.0478. The van der Waals surface area contributed by atoms with E-state index in [0.717, 1.165) is 44.6 Å². The van der Waals surface area contributed by atoms with Crippen LogP contribution in [0.1, 0.15) is 37.0 Å². The Kier molecular flexibility index (Phi) is 6.02. The number of aliphatic hydroxyl groups excluding tert-OH is 1. The van der Waals surface area contributed by atoms with Gasteiger partial charge >= 0.3 is 0 Å². The van der Waals surface area contributed by atoms with Crippen molar-refractivity contribution >= 4 is 0 Å². The molecule has 3 heteroatoms. The largest absolute Gasteiger partial charge is 0.387 e. The predicted molar refractivity (Wildman–Crippen MR) is 81.8 cm³/mol. The molecule has 1 fully saturated rings. The van der Waals surface area contributed by atoms with E-state index in [-0.39, 0.29) is 0 Å². The van der Waals surface area contributed by atoms with Gasteiger partial charge in [0.1, 0.15) is 0 Å². The van der Waals surface area contributed by atoms with Crippen molar-refractivity contribution in [1.29, 1.82) is 0 Å². The fraction of sp³-hybridized carbons (Fsp3) is 0.647. The number of hydrogen-bond donors (Lipinski definition) is 1. The molecule has 0 radical (unpaired) electrons. The third-order valence-electron chi connectivity index (χ3n) is 4.17. The number of ether oxygens (including phenoxy) is 1. The molecule has 1 aliphatic rings. The highest BCUT2D eigenvalue weighted by Gasteiger charge is 2.17. The fourth-order valence-corrected chi connectivity index (χ4v) is 2.82. The number of aryl methyl sites for hydroxylation is 1. The second-order valence-corrected chi connectivity index (χ2v) is 5.89. The van der Waals surface area contributed by atoms with Crippen molar-refractivity contribution in [3.05, 3.63) is 35.4 Å². The van der Waals surface area contributed by atoms with Gasteiger partial charge in [0.25, 0.3) is 0 Å². The molecule has 1 heterocycles. The lowest BCUT2D eigenvalue weighted by Crippen LogP contribution is -2.32. The Bertz CT molecular complexity index is 384. The maximum Gasteiger partial charge on any atom is 0.0916 e. The number of nitrogens with zero attached hydrogens (tertiary/aromatic N) is 1. The van der Waals surface area contributed by atoms with Gasteiger partial charge in [-0.15, -0.1) is 0 Å². The van der Waals surface area contributed by atoms with Gasteiger partial charge in [0.05, 0.1) is 6.10 Å². The van der Waals surface area contributed by atoms with Crippen molar-refractivity contribution < 1.29 is 9.84 Å². The summed E-state index contributed by atoms with van der Waals surface area (Å²) in [7, 11) is 2.10. The molecule has 1 N–H and O–H groups in total. The van der Waals surface area contributed by atoms with Crippen molar-refractivity contribution in [2.24, 2.45) is 5.92 Å². The molecule has 1 aliphatic heterocycles. The van der Waals surface area contributed by atoms with Crippen molar-refractivity contribution in [3.8, 4) is 0 Å². The minimum absolute atomic E-state index is 0.397. The Labute approximate surface area is 122 Å². The van der Waals surface area contributed by atoms with E-state index in [2.05, 4.69) is 31.0 Å². The Morgan fingerprint density at radius 3 is 2.50 bits per heavy atom. The molecule has 1 aromatic rings. The SMILES string of the molecule is CCc1ccc(C(O)CN(C)CC2CCOCC2)cc1. The Morgan fingerprint density at radius 1 is 1.25 bits per heavy atom. The van der Waals surface area contributed by atoms with Gasteiger partial charge in [-0.2, -0.15) is 0 Å². The van der Waals surface area contributed by atoms with Crippen molar-refractivity contribution in [3.63, 3.8) is 0 Å². The van der Waals surface area contributed by atoms with E-state index in [1.54, 1.807) is 0 Å². The molecule has 1 unspecified atom stereocenters. The van der Waals surface area contributed by atoms with E-state index in [1.807, 2.05) is 12.1 Å². The lowest BCUT2D eigenvalue weighted by atomic mass is 9.99. The first-order valence-electron chi connectivity index (χ1n) is 7.72. The van der Waals surface area contributed by atoms with Crippen LogP contribution in [-0.4, -0.2) is 43.4 Å². The van der Waals surface area contributed by atoms with Crippen LogP contribution in [0.25, 0.3) is 0 Å². The number of hydrogen-bond acceptors (Lipinski definition) is 3. The molecule has 0 amide bonds. The summed E-state index contributed by atoms with van der Waals surface area (Å²) in [5.74, 6) is 0.711. The molecule has 0 bridgehead atoms. The van der Waals surface area contributed by atoms with Gasteiger partial charge in [-0.25, -0.2) is 0 Å². The zero-order valence-corrected chi connectivity index (χ0v) is 12.7. The summed E-state index contributed by atoms with van der Waals surface area (Å²) in [4.78, 5) is 2.24. The highest BCUT2D eigenvalue weighted by molar-refractivity contribution is 5.24. The van der Waals surface area contributed by atoms with E-state index in [1.165, 1.54) is 5.56 Å². The second kappa shape index (κ2) is 7.77. The minimum Gasteiger partial charge on any atom is -0.387 e. The zero-order chi connectivity index (χ0) is 14.4.